The summed E-state index contributed by atoms with van der Waals surface area (Å²) in [5, 5.41) is 3.25. The quantitative estimate of drug-likeness (QED) is 0.714. The van der Waals surface area contributed by atoms with E-state index in [2.05, 4.69) is 24.2 Å². The zero-order valence-corrected chi connectivity index (χ0v) is 9.42. The lowest BCUT2D eigenvalue weighted by Gasteiger charge is -2.09. The van der Waals surface area contributed by atoms with Crippen molar-refractivity contribution in [2.75, 3.05) is 20.1 Å². The van der Waals surface area contributed by atoms with Gasteiger partial charge in [-0.2, -0.15) is 0 Å². The molecule has 0 aliphatic heterocycles. The van der Waals surface area contributed by atoms with Crippen LogP contribution in [-0.4, -0.2) is 25.0 Å². The summed E-state index contributed by atoms with van der Waals surface area (Å²) < 4.78 is 5.43. The maximum Gasteiger partial charge on any atom is 0.118 e. The van der Waals surface area contributed by atoms with Gasteiger partial charge in [-0.25, -0.2) is 0 Å². The van der Waals surface area contributed by atoms with Crippen molar-refractivity contribution >= 4 is 0 Å². The fourth-order valence-corrected chi connectivity index (χ4v) is 1.35. The SMILES string of the molecule is C#CCN(C)Cc1cc(CNCC)co1. The highest BCUT2D eigenvalue weighted by atomic mass is 16.3. The highest BCUT2D eigenvalue weighted by molar-refractivity contribution is 5.12. The van der Waals surface area contributed by atoms with Gasteiger partial charge in [-0.1, -0.05) is 12.8 Å². The molecule has 0 saturated heterocycles. The van der Waals surface area contributed by atoms with Crippen molar-refractivity contribution in [1.82, 2.24) is 10.2 Å². The van der Waals surface area contributed by atoms with E-state index in [1.165, 1.54) is 5.56 Å². The molecule has 0 unspecified atom stereocenters. The summed E-state index contributed by atoms with van der Waals surface area (Å²) in [7, 11) is 1.98. The first-order valence-electron chi connectivity index (χ1n) is 5.15. The van der Waals surface area contributed by atoms with Crippen molar-refractivity contribution in [3.63, 3.8) is 0 Å². The molecule has 1 N–H and O–H groups in total. The van der Waals surface area contributed by atoms with Gasteiger partial charge in [0.25, 0.3) is 0 Å². The number of hydrogen-bond donors (Lipinski definition) is 1. The summed E-state index contributed by atoms with van der Waals surface area (Å²) in [5.74, 6) is 3.56. The zero-order chi connectivity index (χ0) is 11.1. The summed E-state index contributed by atoms with van der Waals surface area (Å²) >= 11 is 0. The summed E-state index contributed by atoms with van der Waals surface area (Å²) in [5.41, 5.74) is 1.18. The number of hydrogen-bond acceptors (Lipinski definition) is 3. The van der Waals surface area contributed by atoms with Gasteiger partial charge in [-0.15, -0.1) is 6.42 Å². The third kappa shape index (κ3) is 4.20. The van der Waals surface area contributed by atoms with Crippen LogP contribution < -0.4 is 5.32 Å². The van der Waals surface area contributed by atoms with E-state index >= 15 is 0 Å². The molecule has 15 heavy (non-hydrogen) atoms. The monoisotopic (exact) mass is 206 g/mol. The van der Waals surface area contributed by atoms with Crippen LogP contribution in [0.2, 0.25) is 0 Å². The molecule has 0 atom stereocenters. The second-order valence-electron chi connectivity index (χ2n) is 3.58. The molecule has 1 aromatic rings. The Bertz CT molecular complexity index is 325. The molecule has 0 spiro atoms. The first-order valence-corrected chi connectivity index (χ1v) is 5.15. The second kappa shape index (κ2) is 6.28. The Morgan fingerprint density at radius 2 is 2.40 bits per heavy atom. The lowest BCUT2D eigenvalue weighted by molar-refractivity contribution is 0.326. The average molecular weight is 206 g/mol. The first-order chi connectivity index (χ1) is 7.26. The molecule has 0 saturated carbocycles. The first kappa shape index (κ1) is 11.8. The second-order valence-corrected chi connectivity index (χ2v) is 3.58. The summed E-state index contributed by atoms with van der Waals surface area (Å²) in [6.07, 6.45) is 7.02. The van der Waals surface area contributed by atoms with Crippen LogP contribution in [0.5, 0.6) is 0 Å². The van der Waals surface area contributed by atoms with E-state index in [1.807, 2.05) is 11.9 Å². The van der Waals surface area contributed by atoms with E-state index < -0.39 is 0 Å². The van der Waals surface area contributed by atoms with Gasteiger partial charge in [0.1, 0.15) is 5.76 Å². The molecule has 0 aliphatic carbocycles. The highest BCUT2D eigenvalue weighted by Crippen LogP contribution is 2.09. The number of nitrogens with zero attached hydrogens (tertiary/aromatic N) is 1. The van der Waals surface area contributed by atoms with Crippen molar-refractivity contribution in [2.45, 2.75) is 20.0 Å². The van der Waals surface area contributed by atoms with Gasteiger partial charge in [-0.3, -0.25) is 4.90 Å². The van der Waals surface area contributed by atoms with Crippen LogP contribution in [0.3, 0.4) is 0 Å². The molecule has 0 amide bonds. The maximum absolute atomic E-state index is 5.43. The highest BCUT2D eigenvalue weighted by Gasteiger charge is 2.04. The Kier molecular flexibility index (Phi) is 4.96. The van der Waals surface area contributed by atoms with E-state index in [1.54, 1.807) is 6.26 Å². The molecule has 3 nitrogen and oxygen atoms in total. The Labute approximate surface area is 91.5 Å². The Hall–Kier alpha value is -1.24. The zero-order valence-electron chi connectivity index (χ0n) is 9.42. The van der Waals surface area contributed by atoms with Gasteiger partial charge < -0.3 is 9.73 Å². The smallest absolute Gasteiger partial charge is 0.118 e. The minimum Gasteiger partial charge on any atom is -0.468 e. The Morgan fingerprint density at radius 3 is 3.07 bits per heavy atom. The molecule has 82 valence electrons. The van der Waals surface area contributed by atoms with Crippen molar-refractivity contribution in [3.8, 4) is 12.3 Å². The van der Waals surface area contributed by atoms with Gasteiger partial charge in [-0.05, 0) is 19.7 Å². The van der Waals surface area contributed by atoms with E-state index in [4.69, 9.17) is 10.8 Å². The van der Waals surface area contributed by atoms with Crippen LogP contribution >= 0.6 is 0 Å². The van der Waals surface area contributed by atoms with Crippen LogP contribution in [0.15, 0.2) is 16.7 Å². The fourth-order valence-electron chi connectivity index (χ4n) is 1.35. The van der Waals surface area contributed by atoms with Crippen molar-refractivity contribution < 1.29 is 4.42 Å². The van der Waals surface area contributed by atoms with Crippen LogP contribution in [0.4, 0.5) is 0 Å². The molecular weight excluding hydrogens is 188 g/mol. The Balaban J connectivity index is 2.42. The third-order valence-electron chi connectivity index (χ3n) is 2.07. The van der Waals surface area contributed by atoms with Gasteiger partial charge in [0.2, 0.25) is 0 Å². The molecule has 3 heteroatoms. The Morgan fingerprint density at radius 1 is 1.60 bits per heavy atom. The maximum atomic E-state index is 5.43. The molecule has 0 fully saturated rings. The van der Waals surface area contributed by atoms with Gasteiger partial charge >= 0.3 is 0 Å². The number of terminal acetylenes is 1. The molecule has 0 aliphatic rings. The number of rotatable bonds is 6. The van der Waals surface area contributed by atoms with Crippen molar-refractivity contribution in [1.29, 1.82) is 0 Å². The average Bonchev–Trinajstić information content (AvgIpc) is 2.63. The summed E-state index contributed by atoms with van der Waals surface area (Å²) in [6.45, 7) is 5.32. The van der Waals surface area contributed by atoms with Crippen LogP contribution in [0.25, 0.3) is 0 Å². The lowest BCUT2D eigenvalue weighted by atomic mass is 10.3. The van der Waals surface area contributed by atoms with E-state index in [0.717, 1.165) is 25.4 Å². The molecule has 1 aromatic heterocycles. The van der Waals surface area contributed by atoms with Gasteiger partial charge in [0.05, 0.1) is 19.4 Å². The molecule has 1 heterocycles. The van der Waals surface area contributed by atoms with Crippen LogP contribution in [0.1, 0.15) is 18.2 Å². The van der Waals surface area contributed by atoms with E-state index in [9.17, 15) is 0 Å². The predicted molar refractivity (Wildman–Crippen MR) is 61.3 cm³/mol. The van der Waals surface area contributed by atoms with Crippen molar-refractivity contribution in [2.24, 2.45) is 0 Å². The number of furan rings is 1. The molecule has 1 rings (SSSR count). The molecular formula is C12H18N2O. The van der Waals surface area contributed by atoms with Crippen LogP contribution in [0, 0.1) is 12.3 Å². The summed E-state index contributed by atoms with van der Waals surface area (Å²) in [6, 6.07) is 2.07. The minimum atomic E-state index is 0.642. The normalized spacial score (nSPS) is 10.5. The lowest BCUT2D eigenvalue weighted by Crippen LogP contribution is -2.17. The standard InChI is InChI=1S/C12H18N2O/c1-4-6-14(3)9-12-7-11(10-15-12)8-13-5-2/h1,7,10,13H,5-6,8-9H2,2-3H3. The number of nitrogens with one attached hydrogen (secondary N) is 1. The topological polar surface area (TPSA) is 28.4 Å². The summed E-state index contributed by atoms with van der Waals surface area (Å²) in [4.78, 5) is 2.04. The van der Waals surface area contributed by atoms with Crippen molar-refractivity contribution in [3.05, 3.63) is 23.7 Å². The molecule has 0 radical (unpaired) electrons. The molecule has 0 aromatic carbocycles. The third-order valence-corrected chi connectivity index (χ3v) is 2.07. The minimum absolute atomic E-state index is 0.642. The predicted octanol–water partition coefficient (Wildman–Crippen LogP) is 1.45. The fraction of sp³-hybridized carbons (Fsp3) is 0.500. The van der Waals surface area contributed by atoms with Crippen LogP contribution in [-0.2, 0) is 13.1 Å². The largest absolute Gasteiger partial charge is 0.468 e. The van der Waals surface area contributed by atoms with E-state index in [-0.39, 0.29) is 0 Å². The van der Waals surface area contributed by atoms with Gasteiger partial charge in [0, 0.05) is 12.1 Å². The van der Waals surface area contributed by atoms with E-state index in [0.29, 0.717) is 6.54 Å². The van der Waals surface area contributed by atoms with Gasteiger partial charge in [0.15, 0.2) is 0 Å². The molecule has 0 bridgehead atoms.